The Hall–Kier alpha value is -2.60. The Bertz CT molecular complexity index is 847. The third-order valence-electron chi connectivity index (χ3n) is 3.98. The lowest BCUT2D eigenvalue weighted by Gasteiger charge is -2.17. The van der Waals surface area contributed by atoms with Crippen LogP contribution in [0.25, 0.3) is 11.5 Å². The number of hydrogen-bond acceptors (Lipinski definition) is 5. The summed E-state index contributed by atoms with van der Waals surface area (Å²) in [5.74, 6) is 0.639. The van der Waals surface area contributed by atoms with Gasteiger partial charge < -0.3 is 9.73 Å². The van der Waals surface area contributed by atoms with Gasteiger partial charge in [-0.2, -0.15) is 0 Å². The number of carbonyl (C=O) groups excluding carboxylic acids is 1. The number of benzene rings is 2. The fourth-order valence-electron chi connectivity index (χ4n) is 2.55. The minimum absolute atomic E-state index is 0.00580. The third kappa shape index (κ3) is 4.73. The molecule has 3 rings (SSSR count). The average Bonchev–Trinajstić information content (AvgIpc) is 3.15. The van der Waals surface area contributed by atoms with Gasteiger partial charge in [0, 0.05) is 5.56 Å². The summed E-state index contributed by atoms with van der Waals surface area (Å²) in [7, 11) is 0. The zero-order valence-electron chi connectivity index (χ0n) is 14.8. The normalized spacial score (nSPS) is 11.9. The molecule has 134 valence electrons. The molecule has 1 aromatic heterocycles. The summed E-state index contributed by atoms with van der Waals surface area (Å²) in [6.45, 7) is 4.11. The molecule has 0 radical (unpaired) electrons. The minimum Gasteiger partial charge on any atom is -0.411 e. The Morgan fingerprint density at radius 1 is 1.12 bits per heavy atom. The van der Waals surface area contributed by atoms with Crippen molar-refractivity contribution < 1.29 is 9.21 Å². The summed E-state index contributed by atoms with van der Waals surface area (Å²) in [6.07, 6.45) is 0.832. The second-order valence-electron chi connectivity index (χ2n) is 5.97. The van der Waals surface area contributed by atoms with Crippen molar-refractivity contribution in [3.05, 3.63) is 65.7 Å². The molecule has 6 heteroatoms. The Kier molecular flexibility index (Phi) is 6.07. The summed E-state index contributed by atoms with van der Waals surface area (Å²) in [5, 5.41) is 11.5. The summed E-state index contributed by atoms with van der Waals surface area (Å²) in [5.41, 5.74) is 3.18. The molecule has 0 aliphatic rings. The molecule has 0 saturated heterocycles. The highest BCUT2D eigenvalue weighted by Crippen LogP contribution is 2.23. The number of aryl methyl sites for hydroxylation is 1. The fraction of sp³-hybridized carbons (Fsp3) is 0.250. The van der Waals surface area contributed by atoms with Gasteiger partial charge >= 0.3 is 0 Å². The predicted octanol–water partition coefficient (Wildman–Crippen LogP) is 4.40. The molecule has 0 bridgehead atoms. The number of rotatable bonds is 7. The topological polar surface area (TPSA) is 68.0 Å². The zero-order valence-corrected chi connectivity index (χ0v) is 15.6. The molecule has 0 spiro atoms. The monoisotopic (exact) mass is 367 g/mol. The van der Waals surface area contributed by atoms with Crippen LogP contribution in [0.3, 0.4) is 0 Å². The zero-order chi connectivity index (χ0) is 18.4. The van der Waals surface area contributed by atoms with E-state index in [0.29, 0.717) is 11.1 Å². The van der Waals surface area contributed by atoms with Crippen molar-refractivity contribution >= 4 is 17.7 Å². The van der Waals surface area contributed by atoms with E-state index in [1.54, 1.807) is 0 Å². The van der Waals surface area contributed by atoms with Gasteiger partial charge in [-0.1, -0.05) is 66.7 Å². The molecule has 0 aliphatic carbocycles. The molecule has 0 saturated carbocycles. The van der Waals surface area contributed by atoms with E-state index >= 15 is 0 Å². The van der Waals surface area contributed by atoms with Crippen LogP contribution >= 0.6 is 11.8 Å². The number of aromatic nitrogens is 2. The first-order valence-corrected chi connectivity index (χ1v) is 9.52. The molecule has 1 heterocycles. The highest BCUT2D eigenvalue weighted by molar-refractivity contribution is 7.99. The van der Waals surface area contributed by atoms with Gasteiger partial charge in [-0.3, -0.25) is 4.79 Å². The molecule has 1 atom stereocenters. The first kappa shape index (κ1) is 18.2. The van der Waals surface area contributed by atoms with Crippen LogP contribution in [0.2, 0.25) is 0 Å². The molecular weight excluding hydrogens is 346 g/mol. The summed E-state index contributed by atoms with van der Waals surface area (Å²) in [6, 6.07) is 17.8. The van der Waals surface area contributed by atoms with Crippen molar-refractivity contribution in [1.82, 2.24) is 15.5 Å². The first-order valence-electron chi connectivity index (χ1n) is 8.53. The van der Waals surface area contributed by atoms with Crippen molar-refractivity contribution in [2.24, 2.45) is 0 Å². The van der Waals surface area contributed by atoms with Crippen LogP contribution in [0.4, 0.5) is 0 Å². The predicted molar refractivity (Wildman–Crippen MR) is 103 cm³/mol. The molecule has 3 aromatic rings. The molecule has 1 N–H and O–H groups in total. The second-order valence-corrected chi connectivity index (χ2v) is 6.89. The van der Waals surface area contributed by atoms with Gasteiger partial charge in [-0.05, 0) is 31.0 Å². The van der Waals surface area contributed by atoms with Crippen molar-refractivity contribution in [2.75, 3.05) is 5.75 Å². The van der Waals surface area contributed by atoms with Crippen molar-refractivity contribution in [1.29, 1.82) is 0 Å². The Balaban J connectivity index is 1.55. The molecule has 0 fully saturated rings. The Morgan fingerprint density at radius 3 is 2.54 bits per heavy atom. The van der Waals surface area contributed by atoms with Crippen LogP contribution in [-0.2, 0) is 4.79 Å². The number of thioether (sulfide) groups is 1. The van der Waals surface area contributed by atoms with E-state index in [9.17, 15) is 4.79 Å². The van der Waals surface area contributed by atoms with Crippen LogP contribution < -0.4 is 5.32 Å². The maximum Gasteiger partial charge on any atom is 0.277 e. The van der Waals surface area contributed by atoms with Crippen LogP contribution in [0.1, 0.15) is 30.5 Å². The Morgan fingerprint density at radius 2 is 1.85 bits per heavy atom. The van der Waals surface area contributed by atoms with E-state index in [1.165, 1.54) is 17.3 Å². The van der Waals surface area contributed by atoms with Gasteiger partial charge in [0.25, 0.3) is 5.22 Å². The molecule has 5 nitrogen and oxygen atoms in total. The quantitative estimate of drug-likeness (QED) is 0.627. The molecule has 26 heavy (non-hydrogen) atoms. The van der Waals surface area contributed by atoms with Crippen LogP contribution in [0.15, 0.2) is 64.2 Å². The molecule has 2 aromatic carbocycles. The molecule has 1 unspecified atom stereocenters. The van der Waals surface area contributed by atoms with Gasteiger partial charge in [-0.25, -0.2) is 0 Å². The SMILES string of the molecule is CCC(NC(=O)CSc1nnc(-c2ccccc2)o1)c1ccc(C)cc1. The summed E-state index contributed by atoms with van der Waals surface area (Å²) in [4.78, 5) is 12.3. The molecule has 1 amide bonds. The van der Waals surface area contributed by atoms with Crippen LogP contribution in [0.5, 0.6) is 0 Å². The largest absolute Gasteiger partial charge is 0.411 e. The van der Waals surface area contributed by atoms with E-state index in [4.69, 9.17) is 4.42 Å². The lowest BCUT2D eigenvalue weighted by molar-refractivity contribution is -0.119. The third-order valence-corrected chi connectivity index (χ3v) is 4.80. The van der Waals surface area contributed by atoms with Crippen molar-refractivity contribution in [2.45, 2.75) is 31.5 Å². The van der Waals surface area contributed by atoms with Crippen LogP contribution in [-0.4, -0.2) is 21.9 Å². The second kappa shape index (κ2) is 8.67. The highest BCUT2D eigenvalue weighted by Gasteiger charge is 2.15. The molecule has 0 aliphatic heterocycles. The van der Waals surface area contributed by atoms with E-state index in [2.05, 4.69) is 46.7 Å². The van der Waals surface area contributed by atoms with Gasteiger partial charge in [0.2, 0.25) is 11.8 Å². The highest BCUT2D eigenvalue weighted by atomic mass is 32.2. The minimum atomic E-state index is -0.0538. The van der Waals surface area contributed by atoms with E-state index in [1.807, 2.05) is 37.3 Å². The lowest BCUT2D eigenvalue weighted by atomic mass is 10.0. The standard InChI is InChI=1S/C20H21N3O2S/c1-3-17(15-11-9-14(2)10-12-15)21-18(24)13-26-20-23-22-19(25-20)16-7-5-4-6-8-16/h4-12,17H,3,13H2,1-2H3,(H,21,24). The number of nitrogens with one attached hydrogen (secondary N) is 1. The first-order chi connectivity index (χ1) is 12.7. The smallest absolute Gasteiger partial charge is 0.277 e. The van der Waals surface area contributed by atoms with E-state index in [0.717, 1.165) is 17.5 Å². The number of hydrogen-bond donors (Lipinski definition) is 1. The van der Waals surface area contributed by atoms with Gasteiger partial charge in [0.05, 0.1) is 11.8 Å². The van der Waals surface area contributed by atoms with E-state index < -0.39 is 0 Å². The Labute approximate surface area is 157 Å². The average molecular weight is 367 g/mol. The number of carbonyl (C=O) groups is 1. The van der Waals surface area contributed by atoms with Crippen molar-refractivity contribution in [3.63, 3.8) is 0 Å². The summed E-state index contributed by atoms with van der Waals surface area (Å²) >= 11 is 1.24. The van der Waals surface area contributed by atoms with Gasteiger partial charge in [-0.15, -0.1) is 10.2 Å². The maximum absolute atomic E-state index is 12.3. The van der Waals surface area contributed by atoms with Crippen LogP contribution in [0, 0.1) is 6.92 Å². The van der Waals surface area contributed by atoms with Gasteiger partial charge in [0.15, 0.2) is 0 Å². The fourth-order valence-corrected chi connectivity index (χ4v) is 3.12. The maximum atomic E-state index is 12.3. The lowest BCUT2D eigenvalue weighted by Crippen LogP contribution is -2.29. The van der Waals surface area contributed by atoms with Crippen molar-refractivity contribution in [3.8, 4) is 11.5 Å². The molecular formula is C20H21N3O2S. The van der Waals surface area contributed by atoms with Gasteiger partial charge in [0.1, 0.15) is 0 Å². The van der Waals surface area contributed by atoms with E-state index in [-0.39, 0.29) is 17.7 Å². The number of nitrogens with zero attached hydrogens (tertiary/aromatic N) is 2. The number of amides is 1. The summed E-state index contributed by atoms with van der Waals surface area (Å²) < 4.78 is 5.61.